The predicted octanol–water partition coefficient (Wildman–Crippen LogP) is 1.73. The summed E-state index contributed by atoms with van der Waals surface area (Å²) in [6.45, 7) is 1.24. The van der Waals surface area contributed by atoms with Gasteiger partial charge in [0.25, 0.3) is 0 Å². The van der Waals surface area contributed by atoms with Crippen LogP contribution < -0.4 is 15.4 Å². The molecule has 1 fully saturated rings. The second-order valence-corrected chi connectivity index (χ2v) is 8.75. The first-order valence-electron chi connectivity index (χ1n) is 9.47. The monoisotopic (exact) mass is 405 g/mol. The van der Waals surface area contributed by atoms with Crippen molar-refractivity contribution in [1.82, 2.24) is 20.3 Å². The van der Waals surface area contributed by atoms with Crippen molar-refractivity contribution in [1.29, 1.82) is 0 Å². The topological polar surface area (TPSA) is 109 Å². The Bertz CT molecular complexity index is 876. The van der Waals surface area contributed by atoms with Gasteiger partial charge in [0, 0.05) is 25.7 Å². The Labute approximate surface area is 165 Å². The standard InChI is InChI=1S/C19H27N5O3S/c1-20-19(21-10-11-28(25,26)23-12-15-6-5-7-15)22-13-17-14-27-18(24-17)16-8-3-2-4-9-16/h2-4,8-9,14-15,23H,5-7,10-13H2,1H3,(H2,20,21,22). The first-order chi connectivity index (χ1) is 13.6. The molecule has 1 aliphatic carbocycles. The number of benzene rings is 1. The fourth-order valence-corrected chi connectivity index (χ4v) is 3.82. The van der Waals surface area contributed by atoms with Crippen LogP contribution in [0, 0.1) is 5.92 Å². The Kier molecular flexibility index (Phi) is 7.05. The van der Waals surface area contributed by atoms with Crippen molar-refractivity contribution in [3.05, 3.63) is 42.3 Å². The summed E-state index contributed by atoms with van der Waals surface area (Å²) < 4.78 is 32.2. The molecule has 1 heterocycles. The molecule has 0 saturated heterocycles. The predicted molar refractivity (Wildman–Crippen MR) is 109 cm³/mol. The average molecular weight is 406 g/mol. The molecular weight excluding hydrogens is 378 g/mol. The molecule has 1 aromatic carbocycles. The second kappa shape index (κ2) is 9.70. The minimum atomic E-state index is -3.27. The van der Waals surface area contributed by atoms with Crippen LogP contribution in [0.5, 0.6) is 0 Å². The summed E-state index contributed by atoms with van der Waals surface area (Å²) in [5.41, 5.74) is 1.65. The van der Waals surface area contributed by atoms with Crippen LogP contribution >= 0.6 is 0 Å². The van der Waals surface area contributed by atoms with Crippen molar-refractivity contribution in [2.75, 3.05) is 25.9 Å². The molecule has 1 aromatic heterocycles. The van der Waals surface area contributed by atoms with Gasteiger partial charge in [-0.2, -0.15) is 0 Å². The van der Waals surface area contributed by atoms with E-state index in [1.165, 1.54) is 6.42 Å². The van der Waals surface area contributed by atoms with Gasteiger partial charge >= 0.3 is 0 Å². The molecule has 152 valence electrons. The van der Waals surface area contributed by atoms with E-state index in [4.69, 9.17) is 4.42 Å². The smallest absolute Gasteiger partial charge is 0.226 e. The van der Waals surface area contributed by atoms with Crippen LogP contribution in [-0.2, 0) is 16.6 Å². The van der Waals surface area contributed by atoms with E-state index in [0.29, 0.717) is 30.9 Å². The molecule has 1 saturated carbocycles. The van der Waals surface area contributed by atoms with Gasteiger partial charge < -0.3 is 15.1 Å². The van der Waals surface area contributed by atoms with Crippen LogP contribution in [0.2, 0.25) is 0 Å². The lowest BCUT2D eigenvalue weighted by Gasteiger charge is -2.25. The summed E-state index contributed by atoms with van der Waals surface area (Å²) in [7, 11) is -1.64. The van der Waals surface area contributed by atoms with E-state index in [0.717, 1.165) is 24.1 Å². The SMILES string of the molecule is CN=C(NCCS(=O)(=O)NCC1CCC1)NCc1coc(-c2ccccc2)n1. The Balaban J connectivity index is 1.40. The summed E-state index contributed by atoms with van der Waals surface area (Å²) >= 11 is 0. The molecule has 0 unspecified atom stereocenters. The number of aromatic nitrogens is 1. The fourth-order valence-electron chi connectivity index (χ4n) is 2.81. The number of rotatable bonds is 9. The molecule has 2 aromatic rings. The van der Waals surface area contributed by atoms with Crippen LogP contribution in [0.4, 0.5) is 0 Å². The summed E-state index contributed by atoms with van der Waals surface area (Å²) in [6.07, 6.45) is 5.03. The van der Waals surface area contributed by atoms with E-state index in [2.05, 4.69) is 25.3 Å². The molecule has 8 nitrogen and oxygen atoms in total. The van der Waals surface area contributed by atoms with Gasteiger partial charge in [-0.3, -0.25) is 4.99 Å². The van der Waals surface area contributed by atoms with E-state index in [1.807, 2.05) is 30.3 Å². The summed E-state index contributed by atoms with van der Waals surface area (Å²) in [5, 5.41) is 6.12. The first kappa shape index (κ1) is 20.3. The lowest BCUT2D eigenvalue weighted by Crippen LogP contribution is -2.41. The van der Waals surface area contributed by atoms with Crippen LogP contribution in [0.1, 0.15) is 25.0 Å². The van der Waals surface area contributed by atoms with Crippen LogP contribution in [-0.4, -0.2) is 45.3 Å². The highest BCUT2D eigenvalue weighted by atomic mass is 32.2. The number of nitrogens with one attached hydrogen (secondary N) is 3. The second-order valence-electron chi connectivity index (χ2n) is 6.83. The number of hydrogen-bond donors (Lipinski definition) is 3. The fraction of sp³-hybridized carbons (Fsp3) is 0.474. The zero-order valence-corrected chi connectivity index (χ0v) is 16.8. The zero-order chi connectivity index (χ0) is 19.8. The van der Waals surface area contributed by atoms with Crippen molar-refractivity contribution in [3.63, 3.8) is 0 Å². The first-order valence-corrected chi connectivity index (χ1v) is 11.1. The maximum absolute atomic E-state index is 12.0. The number of guanidine groups is 1. The molecule has 0 aliphatic heterocycles. The summed E-state index contributed by atoms with van der Waals surface area (Å²) in [5.74, 6) is 1.57. The van der Waals surface area contributed by atoms with Gasteiger partial charge in [-0.15, -0.1) is 0 Å². The number of aliphatic imine (C=N–C) groups is 1. The van der Waals surface area contributed by atoms with Crippen LogP contribution in [0.25, 0.3) is 11.5 Å². The number of hydrogen-bond acceptors (Lipinski definition) is 5. The molecule has 0 radical (unpaired) electrons. The number of sulfonamides is 1. The van der Waals surface area contributed by atoms with Gasteiger partial charge in [-0.05, 0) is 30.9 Å². The molecule has 0 bridgehead atoms. The number of oxazole rings is 1. The number of nitrogens with zero attached hydrogens (tertiary/aromatic N) is 2. The van der Waals surface area contributed by atoms with Gasteiger partial charge in [-0.25, -0.2) is 18.1 Å². The van der Waals surface area contributed by atoms with Crippen LogP contribution in [0.15, 0.2) is 46.0 Å². The van der Waals surface area contributed by atoms with Crippen molar-refractivity contribution < 1.29 is 12.8 Å². The zero-order valence-electron chi connectivity index (χ0n) is 16.0. The Morgan fingerprint density at radius 2 is 2.04 bits per heavy atom. The molecule has 0 atom stereocenters. The van der Waals surface area contributed by atoms with Crippen molar-refractivity contribution in [3.8, 4) is 11.5 Å². The van der Waals surface area contributed by atoms with Gasteiger partial charge in [-0.1, -0.05) is 24.6 Å². The molecule has 28 heavy (non-hydrogen) atoms. The third kappa shape index (κ3) is 6.07. The Morgan fingerprint density at radius 3 is 2.71 bits per heavy atom. The molecule has 1 aliphatic rings. The van der Waals surface area contributed by atoms with Gasteiger partial charge in [0.1, 0.15) is 6.26 Å². The van der Waals surface area contributed by atoms with Gasteiger partial charge in [0.2, 0.25) is 15.9 Å². The average Bonchev–Trinajstić information content (AvgIpc) is 3.13. The van der Waals surface area contributed by atoms with E-state index in [-0.39, 0.29) is 12.3 Å². The normalized spacial score (nSPS) is 15.2. The lowest BCUT2D eigenvalue weighted by atomic mass is 9.86. The Hall–Kier alpha value is -2.39. The van der Waals surface area contributed by atoms with E-state index < -0.39 is 10.0 Å². The molecular formula is C19H27N5O3S. The molecule has 3 rings (SSSR count). The van der Waals surface area contributed by atoms with E-state index >= 15 is 0 Å². The molecule has 0 amide bonds. The quantitative estimate of drug-likeness (QED) is 0.433. The highest BCUT2D eigenvalue weighted by Crippen LogP contribution is 2.25. The highest BCUT2D eigenvalue weighted by molar-refractivity contribution is 7.89. The third-order valence-corrected chi connectivity index (χ3v) is 6.06. The van der Waals surface area contributed by atoms with Gasteiger partial charge in [0.05, 0.1) is 18.0 Å². The molecule has 0 spiro atoms. The largest absolute Gasteiger partial charge is 0.444 e. The summed E-state index contributed by atoms with van der Waals surface area (Å²) in [4.78, 5) is 8.55. The van der Waals surface area contributed by atoms with Gasteiger partial charge in [0.15, 0.2) is 5.96 Å². The van der Waals surface area contributed by atoms with Crippen molar-refractivity contribution in [2.24, 2.45) is 10.9 Å². The van der Waals surface area contributed by atoms with Crippen LogP contribution in [0.3, 0.4) is 0 Å². The van der Waals surface area contributed by atoms with Crippen molar-refractivity contribution in [2.45, 2.75) is 25.8 Å². The lowest BCUT2D eigenvalue weighted by molar-refractivity contribution is 0.316. The molecule has 9 heteroatoms. The molecule has 3 N–H and O–H groups in total. The Morgan fingerprint density at radius 1 is 1.25 bits per heavy atom. The summed E-state index contributed by atoms with van der Waals surface area (Å²) in [6, 6.07) is 9.66. The minimum absolute atomic E-state index is 0.00252. The van der Waals surface area contributed by atoms with Crippen molar-refractivity contribution >= 4 is 16.0 Å². The van der Waals surface area contributed by atoms with E-state index in [1.54, 1.807) is 13.3 Å². The highest BCUT2D eigenvalue weighted by Gasteiger charge is 2.20. The van der Waals surface area contributed by atoms with E-state index in [9.17, 15) is 8.42 Å². The maximum atomic E-state index is 12.0. The maximum Gasteiger partial charge on any atom is 0.226 e. The third-order valence-electron chi connectivity index (χ3n) is 4.71. The minimum Gasteiger partial charge on any atom is -0.444 e.